The topological polar surface area (TPSA) is 21.6 Å². The van der Waals surface area contributed by atoms with Gasteiger partial charge in [-0.3, -0.25) is 0 Å². The number of rotatable bonds is 0. The maximum absolute atomic E-state index is 4.53. The van der Waals surface area contributed by atoms with E-state index in [1.807, 2.05) is 0 Å². The average Bonchev–Trinajstić information content (AvgIpc) is 1.76. The molecule has 3 heteroatoms. The Hall–Kier alpha value is 1.28. The fourth-order valence-corrected chi connectivity index (χ4v) is 0.228. The van der Waals surface area contributed by atoms with Crippen molar-refractivity contribution in [1.29, 1.82) is 0 Å². The van der Waals surface area contributed by atoms with Crippen LogP contribution in [0.25, 0.3) is 0 Å². The van der Waals surface area contributed by atoms with Crippen molar-refractivity contribution in [1.82, 2.24) is 0 Å². The zero-order valence-electron chi connectivity index (χ0n) is 3.77. The number of hydrogen-bond donors (Lipinski definition) is 0. The number of ether oxygens (including phenoxy) is 1. The standard InChI is InChI=1S/C3H4NO.Rb/c1-2-5-3-4-1;/h1-2H2;/q-1;+1. The van der Waals surface area contributed by atoms with Gasteiger partial charge in [0.25, 0.3) is 0 Å². The molecular formula is C3H4NORb. The molecule has 0 aromatic heterocycles. The zero-order chi connectivity index (χ0) is 3.54. The Morgan fingerprint density at radius 3 is 2.67 bits per heavy atom. The van der Waals surface area contributed by atoms with Crippen LogP contribution in [0.1, 0.15) is 0 Å². The molecule has 1 heterocycles. The molecule has 0 aliphatic carbocycles. The van der Waals surface area contributed by atoms with Gasteiger partial charge in [-0.05, 0) is 0 Å². The van der Waals surface area contributed by atoms with Crippen molar-refractivity contribution in [3.63, 3.8) is 0 Å². The van der Waals surface area contributed by atoms with E-state index in [0.29, 0.717) is 0 Å². The predicted octanol–water partition coefficient (Wildman–Crippen LogP) is -3.07. The summed E-state index contributed by atoms with van der Waals surface area (Å²) in [6.07, 6.45) is 2.35. The van der Waals surface area contributed by atoms with Crippen molar-refractivity contribution in [3.05, 3.63) is 0 Å². The molecule has 0 saturated carbocycles. The van der Waals surface area contributed by atoms with Crippen LogP contribution in [-0.4, -0.2) is 19.6 Å². The average molecular weight is 156 g/mol. The monoisotopic (exact) mass is 155 g/mol. The maximum Gasteiger partial charge on any atom is 1.00 e. The molecule has 0 atom stereocenters. The van der Waals surface area contributed by atoms with Crippen LogP contribution in [0.15, 0.2) is 4.99 Å². The Morgan fingerprint density at radius 1 is 1.67 bits per heavy atom. The SMILES string of the molecule is [C-]1=NCCO1.[Rb+]. The molecule has 0 amide bonds. The Morgan fingerprint density at radius 2 is 2.50 bits per heavy atom. The molecule has 0 N–H and O–H groups in total. The number of hydrogen-bond acceptors (Lipinski definition) is 2. The Kier molecular flexibility index (Phi) is 5.38. The van der Waals surface area contributed by atoms with E-state index in [1.165, 1.54) is 0 Å². The Labute approximate surface area is 85.8 Å². The van der Waals surface area contributed by atoms with Gasteiger partial charge in [0.15, 0.2) is 0 Å². The number of aliphatic imine (C=N–C) groups is 1. The van der Waals surface area contributed by atoms with Gasteiger partial charge in [0.1, 0.15) is 0 Å². The van der Waals surface area contributed by atoms with Gasteiger partial charge < -0.3 is 9.73 Å². The molecule has 0 aromatic carbocycles. The van der Waals surface area contributed by atoms with Crippen molar-refractivity contribution in [2.24, 2.45) is 4.99 Å². The minimum absolute atomic E-state index is 0. The quantitative estimate of drug-likeness (QED) is 0.340. The normalized spacial score (nSPS) is 16.0. The summed E-state index contributed by atoms with van der Waals surface area (Å²) in [7, 11) is 0. The van der Waals surface area contributed by atoms with E-state index in [-0.39, 0.29) is 58.2 Å². The molecular weight excluding hydrogens is 152 g/mol. The van der Waals surface area contributed by atoms with Crippen LogP contribution < -0.4 is 58.2 Å². The largest absolute Gasteiger partial charge is 1.00 e. The second-order valence-corrected chi connectivity index (χ2v) is 0.821. The molecule has 0 saturated heterocycles. The zero-order valence-corrected chi connectivity index (χ0v) is 8.69. The molecule has 28 valence electrons. The molecule has 0 fully saturated rings. The molecule has 0 aromatic rings. The Balaban J connectivity index is 0.000000250. The molecule has 0 unspecified atom stereocenters. The van der Waals surface area contributed by atoms with E-state index < -0.39 is 0 Å². The fourth-order valence-electron chi connectivity index (χ4n) is 0.228. The van der Waals surface area contributed by atoms with E-state index in [4.69, 9.17) is 0 Å². The molecule has 6 heavy (non-hydrogen) atoms. The fraction of sp³-hybridized carbons (Fsp3) is 0.667. The minimum Gasteiger partial charge on any atom is -0.674 e. The van der Waals surface area contributed by atoms with Crippen LogP contribution in [0.5, 0.6) is 0 Å². The second kappa shape index (κ2) is 4.43. The summed E-state index contributed by atoms with van der Waals surface area (Å²) in [6, 6.07) is 0. The van der Waals surface area contributed by atoms with Gasteiger partial charge in [-0.25, -0.2) is 6.40 Å². The molecule has 0 radical (unpaired) electrons. The van der Waals surface area contributed by atoms with Gasteiger partial charge in [-0.2, -0.15) is 0 Å². The van der Waals surface area contributed by atoms with Crippen LogP contribution in [-0.2, 0) is 4.74 Å². The molecule has 1 rings (SSSR count). The van der Waals surface area contributed by atoms with Crippen molar-refractivity contribution in [3.8, 4) is 0 Å². The predicted molar refractivity (Wildman–Crippen MR) is 18.3 cm³/mol. The summed E-state index contributed by atoms with van der Waals surface area (Å²) in [5, 5.41) is 0. The van der Waals surface area contributed by atoms with Crippen molar-refractivity contribution < 1.29 is 62.9 Å². The summed E-state index contributed by atoms with van der Waals surface area (Å²) in [4.78, 5) is 3.61. The van der Waals surface area contributed by atoms with Crippen molar-refractivity contribution in [2.45, 2.75) is 0 Å². The first-order valence-corrected chi connectivity index (χ1v) is 1.53. The number of nitrogens with zero attached hydrogens (tertiary/aromatic N) is 1. The van der Waals surface area contributed by atoms with Gasteiger partial charge in [-0.1, -0.05) is 0 Å². The Bertz CT molecular complexity index is 48.8. The van der Waals surface area contributed by atoms with Gasteiger partial charge in [0.2, 0.25) is 0 Å². The van der Waals surface area contributed by atoms with E-state index in [2.05, 4.69) is 16.1 Å². The maximum atomic E-state index is 4.53. The minimum atomic E-state index is 0. The first kappa shape index (κ1) is 7.28. The third-order valence-electron chi connectivity index (χ3n) is 0.434. The van der Waals surface area contributed by atoms with Crippen molar-refractivity contribution in [2.75, 3.05) is 13.2 Å². The van der Waals surface area contributed by atoms with Crippen LogP contribution in [0, 0.1) is 0 Å². The van der Waals surface area contributed by atoms with Crippen LogP contribution in [0.3, 0.4) is 0 Å². The summed E-state index contributed by atoms with van der Waals surface area (Å²) in [6.45, 7) is 1.51. The smallest absolute Gasteiger partial charge is 0.674 e. The summed E-state index contributed by atoms with van der Waals surface area (Å²) in [5.41, 5.74) is 0. The molecule has 0 spiro atoms. The van der Waals surface area contributed by atoms with E-state index in [0.717, 1.165) is 13.2 Å². The van der Waals surface area contributed by atoms with Gasteiger partial charge in [-0.15, -0.1) is 0 Å². The molecule has 1 aliphatic heterocycles. The summed E-state index contributed by atoms with van der Waals surface area (Å²) >= 11 is 0. The first-order chi connectivity index (χ1) is 2.50. The van der Waals surface area contributed by atoms with Gasteiger partial charge >= 0.3 is 58.2 Å². The van der Waals surface area contributed by atoms with Crippen LogP contribution in [0.2, 0.25) is 0 Å². The summed E-state index contributed by atoms with van der Waals surface area (Å²) in [5.74, 6) is 0. The molecule has 2 nitrogen and oxygen atoms in total. The molecule has 1 aliphatic rings. The second-order valence-electron chi connectivity index (χ2n) is 0.821. The third-order valence-corrected chi connectivity index (χ3v) is 0.434. The van der Waals surface area contributed by atoms with Crippen LogP contribution >= 0.6 is 0 Å². The van der Waals surface area contributed by atoms with Crippen molar-refractivity contribution >= 4 is 6.40 Å². The summed E-state index contributed by atoms with van der Waals surface area (Å²) < 4.78 is 4.53. The van der Waals surface area contributed by atoms with E-state index in [9.17, 15) is 0 Å². The van der Waals surface area contributed by atoms with E-state index >= 15 is 0 Å². The molecule has 0 bridgehead atoms. The third kappa shape index (κ3) is 2.45. The first-order valence-electron chi connectivity index (χ1n) is 1.53. The van der Waals surface area contributed by atoms with Gasteiger partial charge in [0.05, 0.1) is 6.61 Å². The van der Waals surface area contributed by atoms with Gasteiger partial charge in [0, 0.05) is 6.54 Å². The van der Waals surface area contributed by atoms with E-state index in [1.54, 1.807) is 0 Å². The van der Waals surface area contributed by atoms with Crippen LogP contribution in [0.4, 0.5) is 0 Å².